The van der Waals surface area contributed by atoms with Crippen LogP contribution < -0.4 is 0 Å². The molecule has 1 aromatic carbocycles. The van der Waals surface area contributed by atoms with Crippen molar-refractivity contribution in [1.29, 1.82) is 0 Å². The van der Waals surface area contributed by atoms with Crippen LogP contribution in [-0.4, -0.2) is 22.9 Å². The van der Waals surface area contributed by atoms with Crippen molar-refractivity contribution in [1.82, 2.24) is 4.57 Å². The smallest absolute Gasteiger partial charge is 0.331 e. The van der Waals surface area contributed by atoms with Crippen LogP contribution in [0.3, 0.4) is 0 Å². The number of Topliss-reactive ketones (excluding diaryl/α,β-unsaturated/α-hetero) is 1. The number of aromatic nitrogens is 1. The molecule has 0 radical (unpaired) electrons. The Bertz CT molecular complexity index is 1010. The van der Waals surface area contributed by atoms with Gasteiger partial charge in [-0.2, -0.15) is 0 Å². The number of esters is 1. The van der Waals surface area contributed by atoms with E-state index < -0.39 is 5.97 Å². The zero-order chi connectivity index (χ0) is 20.8. The molecule has 0 unspecified atom stereocenters. The molecule has 0 aliphatic heterocycles. The van der Waals surface area contributed by atoms with E-state index in [1.165, 1.54) is 30.5 Å². The lowest BCUT2D eigenvalue weighted by Gasteiger charge is -2.10. The highest BCUT2D eigenvalue weighted by molar-refractivity contribution is 6.00. The topological polar surface area (TPSA) is 61.4 Å². The molecule has 0 fully saturated rings. The van der Waals surface area contributed by atoms with Crippen molar-refractivity contribution in [2.75, 3.05) is 6.61 Å². The molecule has 0 aliphatic carbocycles. The molecule has 6 heteroatoms. The number of benzene rings is 1. The van der Waals surface area contributed by atoms with E-state index in [1.807, 2.05) is 18.4 Å². The normalized spacial score (nSPS) is 11.1. The standard InChI is InChI=1S/C23H22FNO4/c1-16-14-21(17(2)25(16)12-11-18-5-7-19(24)8-6-18)22(26)15-29-23(27)10-9-20-4-3-13-28-20/h3-10,13-14H,11-12,15H2,1-2H3/b10-9+. The monoisotopic (exact) mass is 395 g/mol. The number of rotatable bonds is 8. The van der Waals surface area contributed by atoms with Crippen LogP contribution in [0.2, 0.25) is 0 Å². The van der Waals surface area contributed by atoms with Gasteiger partial charge < -0.3 is 13.7 Å². The number of ether oxygens (including phenoxy) is 1. The largest absolute Gasteiger partial charge is 0.465 e. The zero-order valence-electron chi connectivity index (χ0n) is 16.4. The molecule has 0 amide bonds. The first-order valence-electron chi connectivity index (χ1n) is 9.27. The van der Waals surface area contributed by atoms with Crippen LogP contribution in [0.4, 0.5) is 4.39 Å². The van der Waals surface area contributed by atoms with Crippen LogP contribution in [0.5, 0.6) is 0 Å². The van der Waals surface area contributed by atoms with Gasteiger partial charge in [0.25, 0.3) is 0 Å². The third-order valence-electron chi connectivity index (χ3n) is 4.68. The molecule has 0 saturated carbocycles. The van der Waals surface area contributed by atoms with Crippen LogP contribution in [0.25, 0.3) is 6.08 Å². The van der Waals surface area contributed by atoms with Gasteiger partial charge in [-0.3, -0.25) is 4.79 Å². The minimum Gasteiger partial charge on any atom is -0.465 e. The number of halogens is 1. The summed E-state index contributed by atoms with van der Waals surface area (Å²) in [7, 11) is 0. The van der Waals surface area contributed by atoms with Gasteiger partial charge in [0.15, 0.2) is 6.61 Å². The van der Waals surface area contributed by atoms with Gasteiger partial charge in [-0.15, -0.1) is 0 Å². The first-order valence-corrected chi connectivity index (χ1v) is 9.27. The molecule has 0 N–H and O–H groups in total. The van der Waals surface area contributed by atoms with Crippen molar-refractivity contribution in [2.45, 2.75) is 26.8 Å². The maximum absolute atomic E-state index is 13.0. The molecule has 3 aromatic rings. The molecule has 0 bridgehead atoms. The van der Waals surface area contributed by atoms with Crippen LogP contribution in [0.1, 0.15) is 33.1 Å². The fourth-order valence-corrected chi connectivity index (χ4v) is 3.12. The molecule has 2 aromatic heterocycles. The number of aryl methyl sites for hydroxylation is 2. The molecule has 0 aliphatic rings. The highest BCUT2D eigenvalue weighted by atomic mass is 19.1. The number of ketones is 1. The summed E-state index contributed by atoms with van der Waals surface area (Å²) < 4.78 is 25.2. The maximum atomic E-state index is 13.0. The number of furan rings is 1. The fraction of sp³-hybridized carbons (Fsp3) is 0.217. The van der Waals surface area contributed by atoms with E-state index in [4.69, 9.17) is 9.15 Å². The predicted octanol–water partition coefficient (Wildman–Crippen LogP) is 4.52. The summed E-state index contributed by atoms with van der Waals surface area (Å²) in [4.78, 5) is 24.3. The van der Waals surface area contributed by atoms with Crippen molar-refractivity contribution in [3.05, 3.63) is 88.9 Å². The minimum atomic E-state index is -0.611. The molecular formula is C23H22FNO4. The van der Waals surface area contributed by atoms with E-state index in [0.717, 1.165) is 23.4 Å². The predicted molar refractivity (Wildman–Crippen MR) is 107 cm³/mol. The summed E-state index contributed by atoms with van der Waals surface area (Å²) in [6, 6.07) is 11.6. The van der Waals surface area contributed by atoms with Crippen molar-refractivity contribution < 1.29 is 23.1 Å². The lowest BCUT2D eigenvalue weighted by Crippen LogP contribution is -2.14. The van der Waals surface area contributed by atoms with Crippen molar-refractivity contribution in [2.24, 2.45) is 0 Å². The molecule has 29 heavy (non-hydrogen) atoms. The molecule has 5 nitrogen and oxygen atoms in total. The Hall–Kier alpha value is -3.41. The average Bonchev–Trinajstić information content (AvgIpc) is 3.32. The Kier molecular flexibility index (Phi) is 6.44. The summed E-state index contributed by atoms with van der Waals surface area (Å²) in [5.41, 5.74) is 3.31. The van der Waals surface area contributed by atoms with Crippen molar-refractivity contribution in [3.8, 4) is 0 Å². The van der Waals surface area contributed by atoms with E-state index in [2.05, 4.69) is 0 Å². The first-order chi connectivity index (χ1) is 13.9. The molecule has 0 atom stereocenters. The number of carbonyl (C=O) groups excluding carboxylic acids is 2. The first kappa shape index (κ1) is 20.3. The van der Waals surface area contributed by atoms with Crippen LogP contribution in [0, 0.1) is 19.7 Å². The third-order valence-corrected chi connectivity index (χ3v) is 4.68. The average molecular weight is 395 g/mol. The summed E-state index contributed by atoms with van der Waals surface area (Å²) in [5.74, 6) is -0.604. The maximum Gasteiger partial charge on any atom is 0.331 e. The third kappa shape index (κ3) is 5.31. The quantitative estimate of drug-likeness (QED) is 0.320. The second-order valence-corrected chi connectivity index (χ2v) is 6.69. The van der Waals surface area contributed by atoms with E-state index in [-0.39, 0.29) is 18.2 Å². The Morgan fingerprint density at radius 2 is 1.93 bits per heavy atom. The lowest BCUT2D eigenvalue weighted by molar-refractivity contribution is -0.136. The van der Waals surface area contributed by atoms with Gasteiger partial charge >= 0.3 is 5.97 Å². The Morgan fingerprint density at radius 3 is 2.62 bits per heavy atom. The number of carbonyl (C=O) groups is 2. The van der Waals surface area contributed by atoms with Crippen LogP contribution >= 0.6 is 0 Å². The molecule has 150 valence electrons. The van der Waals surface area contributed by atoms with Crippen molar-refractivity contribution in [3.63, 3.8) is 0 Å². The molecule has 0 saturated heterocycles. The number of hydrogen-bond acceptors (Lipinski definition) is 4. The minimum absolute atomic E-state index is 0.258. The van der Waals surface area contributed by atoms with Crippen LogP contribution in [0.15, 0.2) is 59.2 Å². The summed E-state index contributed by atoms with van der Waals surface area (Å²) >= 11 is 0. The van der Waals surface area contributed by atoms with Crippen molar-refractivity contribution >= 4 is 17.8 Å². The van der Waals surface area contributed by atoms with E-state index in [0.29, 0.717) is 17.9 Å². The van der Waals surface area contributed by atoms with Gasteiger partial charge in [-0.05, 0) is 62.2 Å². The van der Waals surface area contributed by atoms with E-state index in [9.17, 15) is 14.0 Å². The summed E-state index contributed by atoms with van der Waals surface area (Å²) in [5, 5.41) is 0. The Labute approximate surface area is 168 Å². The molecule has 2 heterocycles. The molecule has 3 rings (SSSR count). The highest BCUT2D eigenvalue weighted by Gasteiger charge is 2.17. The second-order valence-electron chi connectivity index (χ2n) is 6.69. The van der Waals surface area contributed by atoms with Gasteiger partial charge in [0.1, 0.15) is 11.6 Å². The van der Waals surface area contributed by atoms with Gasteiger partial charge in [-0.25, -0.2) is 9.18 Å². The summed E-state index contributed by atoms with van der Waals surface area (Å²) in [6.45, 7) is 4.13. The number of hydrogen-bond donors (Lipinski definition) is 0. The zero-order valence-corrected chi connectivity index (χ0v) is 16.4. The van der Waals surface area contributed by atoms with Gasteiger partial charge in [0.2, 0.25) is 5.78 Å². The van der Waals surface area contributed by atoms with Gasteiger partial charge in [0.05, 0.1) is 6.26 Å². The van der Waals surface area contributed by atoms with E-state index in [1.54, 1.807) is 30.3 Å². The lowest BCUT2D eigenvalue weighted by atomic mass is 10.1. The Balaban J connectivity index is 1.58. The second kappa shape index (κ2) is 9.19. The number of nitrogens with zero attached hydrogens (tertiary/aromatic N) is 1. The van der Waals surface area contributed by atoms with Gasteiger partial charge in [0, 0.05) is 29.6 Å². The van der Waals surface area contributed by atoms with Crippen LogP contribution in [-0.2, 0) is 22.5 Å². The van der Waals surface area contributed by atoms with E-state index >= 15 is 0 Å². The molecule has 0 spiro atoms. The fourth-order valence-electron chi connectivity index (χ4n) is 3.12. The molecular weight excluding hydrogens is 373 g/mol. The summed E-state index contributed by atoms with van der Waals surface area (Å²) in [6.07, 6.45) is 4.92. The Morgan fingerprint density at radius 1 is 1.17 bits per heavy atom. The van der Waals surface area contributed by atoms with Gasteiger partial charge in [-0.1, -0.05) is 12.1 Å². The highest BCUT2D eigenvalue weighted by Crippen LogP contribution is 2.17. The SMILES string of the molecule is Cc1cc(C(=O)COC(=O)/C=C/c2ccco2)c(C)n1CCc1ccc(F)cc1.